The lowest BCUT2D eigenvalue weighted by Crippen LogP contribution is -2.28. The zero-order valence-corrected chi connectivity index (χ0v) is 13.4. The minimum Gasteiger partial charge on any atom is -0.349 e. The van der Waals surface area contributed by atoms with Crippen molar-refractivity contribution in [1.82, 2.24) is 5.32 Å². The maximum atomic E-state index is 12.0. The lowest BCUT2D eigenvalue weighted by atomic mass is 10.1. The lowest BCUT2D eigenvalue weighted by molar-refractivity contribution is -0.121. The highest BCUT2D eigenvalue weighted by atomic mass is 32.2. The number of rotatable bonds is 5. The largest absolute Gasteiger partial charge is 0.349 e. The summed E-state index contributed by atoms with van der Waals surface area (Å²) < 4.78 is 22.9. The van der Waals surface area contributed by atoms with E-state index in [1.54, 1.807) is 24.3 Å². The Hall–Kier alpha value is -2.14. The first kappa shape index (κ1) is 16.2. The maximum absolute atomic E-state index is 12.0. The van der Waals surface area contributed by atoms with Gasteiger partial charge in [-0.3, -0.25) is 4.79 Å². The van der Waals surface area contributed by atoms with Crippen LogP contribution in [0.4, 0.5) is 0 Å². The molecule has 5 heteroatoms. The zero-order valence-electron chi connectivity index (χ0n) is 12.6. The van der Waals surface area contributed by atoms with E-state index in [1.807, 2.05) is 37.3 Å². The number of sulfone groups is 1. The molecule has 0 spiro atoms. The van der Waals surface area contributed by atoms with Crippen molar-refractivity contribution < 1.29 is 13.2 Å². The predicted octanol–water partition coefficient (Wildman–Crippen LogP) is 2.51. The number of hydrogen-bond donors (Lipinski definition) is 1. The molecule has 0 saturated carbocycles. The van der Waals surface area contributed by atoms with Crippen molar-refractivity contribution in [2.45, 2.75) is 24.3 Å². The van der Waals surface area contributed by atoms with Gasteiger partial charge < -0.3 is 5.32 Å². The summed E-state index contributed by atoms with van der Waals surface area (Å²) in [5, 5.41) is 2.91. The van der Waals surface area contributed by atoms with E-state index in [9.17, 15) is 13.2 Å². The molecule has 0 bridgehead atoms. The summed E-state index contributed by atoms with van der Waals surface area (Å²) in [6.45, 7) is 1.87. The molecule has 116 valence electrons. The second kappa shape index (κ2) is 6.75. The maximum Gasteiger partial charge on any atom is 0.224 e. The standard InChI is InChI=1S/C17H19NO3S/c1-13(15-8-10-16(11-9-15)22(2,20)21)18-17(19)12-14-6-4-3-5-7-14/h3-11,13H,12H2,1-2H3,(H,18,19)/t13-/m1/s1. The Morgan fingerprint density at radius 1 is 1.05 bits per heavy atom. The van der Waals surface area contributed by atoms with Gasteiger partial charge in [0.05, 0.1) is 17.4 Å². The van der Waals surface area contributed by atoms with Crippen molar-refractivity contribution in [3.8, 4) is 0 Å². The van der Waals surface area contributed by atoms with Crippen molar-refractivity contribution in [3.63, 3.8) is 0 Å². The van der Waals surface area contributed by atoms with Crippen LogP contribution in [0, 0.1) is 0 Å². The van der Waals surface area contributed by atoms with Crippen LogP contribution in [0.15, 0.2) is 59.5 Å². The van der Waals surface area contributed by atoms with Crippen molar-refractivity contribution in [2.75, 3.05) is 6.26 Å². The molecule has 0 aliphatic rings. The Balaban J connectivity index is 2.00. The summed E-state index contributed by atoms with van der Waals surface area (Å²) in [7, 11) is -3.20. The first-order valence-corrected chi connectivity index (χ1v) is 8.89. The quantitative estimate of drug-likeness (QED) is 0.921. The highest BCUT2D eigenvalue weighted by molar-refractivity contribution is 7.90. The van der Waals surface area contributed by atoms with E-state index in [4.69, 9.17) is 0 Å². The number of amides is 1. The second-order valence-electron chi connectivity index (χ2n) is 5.29. The molecule has 0 unspecified atom stereocenters. The summed E-state index contributed by atoms with van der Waals surface area (Å²) in [4.78, 5) is 12.3. The molecule has 0 aliphatic heterocycles. The smallest absolute Gasteiger partial charge is 0.224 e. The molecule has 1 N–H and O–H groups in total. The average molecular weight is 317 g/mol. The van der Waals surface area contributed by atoms with Gasteiger partial charge in [0.25, 0.3) is 0 Å². The Morgan fingerprint density at radius 3 is 2.18 bits per heavy atom. The monoisotopic (exact) mass is 317 g/mol. The van der Waals surface area contributed by atoms with Gasteiger partial charge in [-0.15, -0.1) is 0 Å². The van der Waals surface area contributed by atoms with Gasteiger partial charge >= 0.3 is 0 Å². The van der Waals surface area contributed by atoms with Crippen molar-refractivity contribution in [3.05, 3.63) is 65.7 Å². The van der Waals surface area contributed by atoms with Gasteiger partial charge in [-0.05, 0) is 30.2 Å². The molecule has 22 heavy (non-hydrogen) atoms. The zero-order chi connectivity index (χ0) is 16.2. The number of benzene rings is 2. The Labute approximate surface area is 131 Å². The average Bonchev–Trinajstić information content (AvgIpc) is 2.47. The molecule has 1 amide bonds. The first-order valence-electron chi connectivity index (χ1n) is 6.99. The van der Waals surface area contributed by atoms with Crippen LogP contribution in [0.2, 0.25) is 0 Å². The number of carbonyl (C=O) groups is 1. The Bertz CT molecular complexity index is 737. The third kappa shape index (κ3) is 4.43. The van der Waals surface area contributed by atoms with Gasteiger partial charge in [0, 0.05) is 6.26 Å². The summed E-state index contributed by atoms with van der Waals surface area (Å²) in [5.41, 5.74) is 1.83. The SMILES string of the molecule is C[C@@H](NC(=O)Cc1ccccc1)c1ccc(S(C)(=O)=O)cc1. The second-order valence-corrected chi connectivity index (χ2v) is 7.31. The molecule has 4 nitrogen and oxygen atoms in total. The predicted molar refractivity (Wildman–Crippen MR) is 86.3 cm³/mol. The fraction of sp³-hybridized carbons (Fsp3) is 0.235. The van der Waals surface area contributed by atoms with E-state index < -0.39 is 9.84 Å². The van der Waals surface area contributed by atoms with E-state index in [-0.39, 0.29) is 16.8 Å². The minimum absolute atomic E-state index is 0.0640. The van der Waals surface area contributed by atoms with Gasteiger partial charge in [0.15, 0.2) is 9.84 Å². The molecule has 0 radical (unpaired) electrons. The normalized spacial score (nSPS) is 12.6. The van der Waals surface area contributed by atoms with Crippen molar-refractivity contribution in [2.24, 2.45) is 0 Å². The van der Waals surface area contributed by atoms with Crippen molar-refractivity contribution in [1.29, 1.82) is 0 Å². The highest BCUT2D eigenvalue weighted by Gasteiger charge is 2.12. The molecular weight excluding hydrogens is 298 g/mol. The van der Waals surface area contributed by atoms with Crippen molar-refractivity contribution >= 4 is 15.7 Å². The van der Waals surface area contributed by atoms with Crippen LogP contribution in [0.25, 0.3) is 0 Å². The molecule has 0 aromatic heterocycles. The summed E-state index contributed by atoms with van der Waals surface area (Å²) >= 11 is 0. The van der Waals surface area contributed by atoms with Gasteiger partial charge in [0.2, 0.25) is 5.91 Å². The molecule has 0 aliphatic carbocycles. The summed E-state index contributed by atoms with van der Waals surface area (Å²) in [6, 6.07) is 15.9. The van der Waals surface area contributed by atoms with Crippen LogP contribution in [-0.2, 0) is 21.1 Å². The fourth-order valence-electron chi connectivity index (χ4n) is 2.16. The summed E-state index contributed by atoms with van der Waals surface area (Å²) in [5.74, 6) is -0.0640. The van der Waals surface area contributed by atoms with Crippen LogP contribution in [0.1, 0.15) is 24.1 Å². The molecule has 1 atom stereocenters. The molecular formula is C17H19NO3S. The van der Waals surface area contributed by atoms with Gasteiger partial charge in [0.1, 0.15) is 0 Å². The number of nitrogens with one attached hydrogen (secondary N) is 1. The third-order valence-corrected chi connectivity index (χ3v) is 4.52. The highest BCUT2D eigenvalue weighted by Crippen LogP contribution is 2.16. The molecule has 2 aromatic carbocycles. The Morgan fingerprint density at radius 2 is 1.64 bits per heavy atom. The first-order chi connectivity index (χ1) is 10.4. The Kier molecular flexibility index (Phi) is 4.98. The number of hydrogen-bond acceptors (Lipinski definition) is 3. The van der Waals surface area contributed by atoms with Crippen LogP contribution in [-0.4, -0.2) is 20.6 Å². The van der Waals surface area contributed by atoms with Crippen LogP contribution in [0.5, 0.6) is 0 Å². The number of carbonyl (C=O) groups excluding carboxylic acids is 1. The molecule has 0 heterocycles. The topological polar surface area (TPSA) is 63.2 Å². The van der Waals surface area contributed by atoms with Crippen LogP contribution in [0.3, 0.4) is 0 Å². The van der Waals surface area contributed by atoms with Gasteiger partial charge in [-0.25, -0.2) is 8.42 Å². The molecule has 2 rings (SSSR count). The molecule has 0 saturated heterocycles. The van der Waals surface area contributed by atoms with E-state index in [0.29, 0.717) is 6.42 Å². The minimum atomic E-state index is -3.20. The summed E-state index contributed by atoms with van der Waals surface area (Å²) in [6.07, 6.45) is 1.50. The third-order valence-electron chi connectivity index (χ3n) is 3.39. The molecule has 0 fully saturated rings. The van der Waals surface area contributed by atoms with E-state index in [0.717, 1.165) is 11.1 Å². The van der Waals surface area contributed by atoms with Crippen LogP contribution >= 0.6 is 0 Å². The fourth-order valence-corrected chi connectivity index (χ4v) is 2.79. The van der Waals surface area contributed by atoms with E-state index >= 15 is 0 Å². The van der Waals surface area contributed by atoms with Gasteiger partial charge in [-0.2, -0.15) is 0 Å². The van der Waals surface area contributed by atoms with Crippen LogP contribution < -0.4 is 5.32 Å². The van der Waals surface area contributed by atoms with Gasteiger partial charge in [-0.1, -0.05) is 42.5 Å². The van der Waals surface area contributed by atoms with E-state index in [1.165, 1.54) is 6.26 Å². The molecule has 2 aromatic rings. The lowest BCUT2D eigenvalue weighted by Gasteiger charge is -2.15. The van der Waals surface area contributed by atoms with E-state index in [2.05, 4.69) is 5.32 Å².